The number of primary amides is 1. The monoisotopic (exact) mass is 2270 g/mol. The number of hydrogen-bond acceptors (Lipinski definition) is 28. The van der Waals surface area contributed by atoms with Crippen LogP contribution >= 0.6 is 118 Å². The van der Waals surface area contributed by atoms with Crippen molar-refractivity contribution in [1.29, 1.82) is 0 Å². The first-order valence-electron chi connectivity index (χ1n) is 45.3. The summed E-state index contributed by atoms with van der Waals surface area (Å²) in [4.78, 5) is 201. The van der Waals surface area contributed by atoms with Crippen LogP contribution in [0, 0.1) is 0 Å². The van der Waals surface area contributed by atoms with E-state index in [1.807, 2.05) is 76.4 Å². The number of nitrogens with one attached hydrogen (secondary N) is 9. The highest BCUT2D eigenvalue weighted by atomic mass is 79.9. The van der Waals surface area contributed by atoms with Crippen molar-refractivity contribution in [3.8, 4) is 0 Å². The first kappa shape index (κ1) is 113. The van der Waals surface area contributed by atoms with Crippen LogP contribution in [0.25, 0.3) is 0 Å². The summed E-state index contributed by atoms with van der Waals surface area (Å²) < 4.78 is 23.2. The van der Waals surface area contributed by atoms with E-state index in [9.17, 15) is 67.1 Å². The average molecular weight is 2280 g/mol. The molecule has 0 unspecified atom stereocenters. The van der Waals surface area contributed by atoms with Gasteiger partial charge in [0, 0.05) is 82.8 Å². The first-order chi connectivity index (χ1) is 66.2. The fourth-order valence-corrected chi connectivity index (χ4v) is 21.0. The summed E-state index contributed by atoms with van der Waals surface area (Å²) in [5.41, 5.74) is 5.17. The van der Waals surface area contributed by atoms with Gasteiger partial charge in [0.1, 0.15) is 122 Å². The molecule has 5 fully saturated rings. The maximum atomic E-state index is 13.4. The lowest BCUT2D eigenvalue weighted by Gasteiger charge is -2.41. The van der Waals surface area contributed by atoms with Crippen LogP contribution in [0.5, 0.6) is 0 Å². The van der Waals surface area contributed by atoms with Crippen molar-refractivity contribution in [3.63, 3.8) is 0 Å². The number of nitrogens with two attached hydrogens (primary N) is 2. The largest absolute Gasteiger partial charge is 0.444 e. The quantitative estimate of drug-likeness (QED) is 0.0566. The summed E-state index contributed by atoms with van der Waals surface area (Å²) in [6.45, 7) is 16.5. The van der Waals surface area contributed by atoms with Crippen molar-refractivity contribution in [2.75, 3.05) is 51.6 Å². The normalized spacial score (nSPS) is 21.6. The smallest absolute Gasteiger partial charge is 0.410 e. The lowest BCUT2D eigenvalue weighted by atomic mass is 9.85. The Bertz CT molecular complexity index is 6340. The minimum Gasteiger partial charge on any atom is -0.444 e. The number of aromatic nitrogens is 11. The molecule has 0 saturated heterocycles. The Kier molecular flexibility index (Phi) is 37.5. The summed E-state index contributed by atoms with van der Waals surface area (Å²) in [6.07, 6.45) is 21.3. The van der Waals surface area contributed by atoms with Crippen LogP contribution < -0.4 is 81.8 Å². The van der Waals surface area contributed by atoms with Crippen LogP contribution in [0.15, 0.2) is 123 Å². The van der Waals surface area contributed by atoms with Crippen molar-refractivity contribution in [2.24, 2.45) is 5.73 Å². The van der Waals surface area contributed by atoms with Gasteiger partial charge in [0.2, 0.25) is 0 Å². The van der Waals surface area contributed by atoms with Gasteiger partial charge in [-0.15, -0.1) is 12.4 Å². The minimum absolute atomic E-state index is 0. The molecule has 5 aliphatic carbocycles. The van der Waals surface area contributed by atoms with E-state index in [0.717, 1.165) is 51.4 Å². The number of Topliss-reactive ketones (excluding diaryl/α,β-unsaturated/α-hetero) is 1. The summed E-state index contributed by atoms with van der Waals surface area (Å²) in [5, 5.41) is 25.5. The van der Waals surface area contributed by atoms with Crippen molar-refractivity contribution in [2.45, 2.75) is 260 Å². The Morgan fingerprint density at radius 3 is 0.993 bits per heavy atom. The molecular formula is C92H115Br3Cl6N24O17. The highest BCUT2D eigenvalue weighted by Crippen LogP contribution is 2.45. The van der Waals surface area contributed by atoms with Crippen molar-refractivity contribution >= 4 is 201 Å². The maximum absolute atomic E-state index is 13.4. The van der Waals surface area contributed by atoms with E-state index in [0.29, 0.717) is 126 Å². The third-order valence-electron chi connectivity index (χ3n) is 25.2. The molecule has 0 radical (unpaired) electrons. The molecule has 8 aromatic rings. The number of carbonyl (C=O) groups is 9. The van der Waals surface area contributed by atoms with Crippen LogP contribution in [0.1, 0.15) is 243 Å². The Balaban J connectivity index is 0.000000176. The number of fused-ring (bicyclic) bond motifs is 8. The number of hydrogen-bond donors (Lipinski definition) is 11. The van der Waals surface area contributed by atoms with Crippen LogP contribution in [-0.2, 0) is 41.7 Å². The van der Waals surface area contributed by atoms with Crippen molar-refractivity contribution < 1.29 is 57.4 Å². The fourth-order valence-electron chi connectivity index (χ4n) is 18.1. The molecule has 4 aliphatic heterocycles. The molecule has 768 valence electrons. The number of H-pyrrole nitrogens is 1. The topological polar surface area (TPSA) is 538 Å². The second kappa shape index (κ2) is 47.0. The zero-order valence-corrected chi connectivity index (χ0v) is 89.8. The predicted molar refractivity (Wildman–Crippen MR) is 549 cm³/mol. The zero-order valence-electron chi connectivity index (χ0n) is 80.5. The molecule has 0 bridgehead atoms. The number of nitrogen functional groups attached to an aromatic ring is 1. The van der Waals surface area contributed by atoms with E-state index < -0.39 is 57.0 Å². The molecule has 4 spiro atoms. The van der Waals surface area contributed by atoms with Gasteiger partial charge in [-0.3, -0.25) is 71.0 Å². The minimum atomic E-state index is -0.901. The lowest BCUT2D eigenvalue weighted by Crippen LogP contribution is -2.53. The lowest BCUT2D eigenvalue weighted by molar-refractivity contribution is -0.121. The van der Waals surface area contributed by atoms with Gasteiger partial charge in [0.15, 0.2) is 0 Å². The third kappa shape index (κ3) is 26.7. The van der Waals surface area contributed by atoms with E-state index >= 15 is 0 Å². The summed E-state index contributed by atoms with van der Waals surface area (Å²) in [7, 11) is 9.04. The third-order valence-corrected chi connectivity index (χ3v) is 28.4. The standard InChI is InChI=1S/C22H27ClN6O4.C18H23BrClN3O4.C17H19ClN6O2.C13H15BrClN3O2.C12H21NO3.C6H4BrClN2O2.C4H5N3.ClH/c1-21(2,3)33-20(32)28(4)13-5-8-22(9-6-13)27-18(30)17-14(23)11-15(19(31)29(17)22)26-16-7-10-24-12-25-16;1-17(2,3)27-16(26)22(4)10-5-7-18(8-6-10)21-14(24)13-12(20)9-11(19)15(25)23(13)18;1-19-10-2-5-17(6-3-10)23-15(25)14-11(18)8-12(16(26)24(14)17)22-13-4-7-20-9-21-13;1-16-7-2-4-13(5-3-7)17-11(19)10-9(15)6-8(14)12(20)18(10)13;1-12(2,3)16-11(15)13(4)9-5-7-10(14)8-6-9;7-2-1-3(8)4(5(9)11)10-6(2)12;5-4-1-2-6-3-7-4;/h7,10-13H,5-6,8-9H2,1-4H3,(H,27,30)(H,24,25,26);9-10H,5-8H2,1-4H3,(H,21,24);4,7-10,19H,2-3,5-6H2,1H3,(H,23,25)(H,20,21,22);6-7,16H,2-5H2,1H3,(H,17,19);9H,5-8H2,1-4H3;1H,(H2,9,11)(H,10,12);1-3H,(H2,5,6,7);1H. The second-order valence-corrected chi connectivity index (χ2v) is 42.7. The van der Waals surface area contributed by atoms with Gasteiger partial charge in [-0.2, -0.15) is 0 Å². The molecule has 13 N–H and O–H groups in total. The summed E-state index contributed by atoms with van der Waals surface area (Å²) in [5.74, 6) is -0.320. The molecule has 5 saturated carbocycles. The zero-order chi connectivity index (χ0) is 104. The number of amides is 8. The van der Waals surface area contributed by atoms with Crippen LogP contribution in [0.3, 0.4) is 0 Å². The van der Waals surface area contributed by atoms with E-state index in [1.54, 1.807) is 77.2 Å². The molecule has 9 aliphatic rings. The number of ether oxygens (including phenoxy) is 3. The Morgan fingerprint density at radius 2 is 0.718 bits per heavy atom. The number of carbonyl (C=O) groups excluding carboxylic acids is 9. The molecule has 50 heteroatoms. The molecule has 0 aromatic carbocycles. The molecule has 8 aromatic heterocycles. The molecule has 142 heavy (non-hydrogen) atoms. The molecule has 17 rings (SSSR count). The van der Waals surface area contributed by atoms with Gasteiger partial charge < -0.3 is 87.9 Å². The van der Waals surface area contributed by atoms with Crippen molar-refractivity contribution in [1.82, 2.24) is 99.8 Å². The van der Waals surface area contributed by atoms with Gasteiger partial charge in [-0.05, 0) is 288 Å². The van der Waals surface area contributed by atoms with Crippen LogP contribution in [0.4, 0.5) is 43.2 Å². The van der Waals surface area contributed by atoms with Crippen LogP contribution in [-0.4, -0.2) is 204 Å². The Labute approximate surface area is 873 Å². The summed E-state index contributed by atoms with van der Waals surface area (Å²) >= 11 is 40.1. The number of halogens is 9. The van der Waals surface area contributed by atoms with Crippen LogP contribution in [0.2, 0.25) is 25.1 Å². The molecular weight excluding hydrogens is 2170 g/mol. The van der Waals surface area contributed by atoms with Crippen molar-refractivity contribution in [3.05, 3.63) is 205 Å². The second-order valence-electron chi connectivity index (χ2n) is 38.1. The molecule has 41 nitrogen and oxygen atoms in total. The maximum Gasteiger partial charge on any atom is 0.410 e. The van der Waals surface area contributed by atoms with E-state index in [1.165, 1.54) is 63.0 Å². The number of aromatic amines is 1. The van der Waals surface area contributed by atoms with E-state index in [-0.39, 0.29) is 153 Å². The number of anilines is 5. The van der Waals surface area contributed by atoms with E-state index in [4.69, 9.17) is 83.7 Å². The number of ketones is 1. The van der Waals surface area contributed by atoms with Gasteiger partial charge in [-0.1, -0.05) is 58.0 Å². The molecule has 0 atom stereocenters. The number of rotatable bonds is 10. The number of pyridine rings is 5. The SMILES string of the molecule is CN(C(=O)OC(C)(C)C)C1CCC(=O)CC1.CN(C(=O)OC(C)(C)C)C1CCC2(CC1)NC(=O)c1c(Cl)cc(Br)c(=O)n12.CN(C(=O)OC(C)(C)C)C1CCC2(CC1)NC(=O)c1c(Cl)cc(Nc3ccncn3)c(=O)n12.CNC1CCC2(CC1)NC(=O)c1c(Cl)cc(Br)c(=O)n12.CNC1CCC2(CC1)NC(=O)c1c(Cl)cc(Nc3ccncn3)c(=O)n12.Cl.NC(=O)c1[nH]c(=O)c(Br)cc1Cl.Nc1ccncn1. The van der Waals surface area contributed by atoms with Gasteiger partial charge in [-0.25, -0.2) is 44.3 Å². The highest BCUT2D eigenvalue weighted by Gasteiger charge is 2.53. The summed E-state index contributed by atoms with van der Waals surface area (Å²) in [6, 6.07) is 13.0. The Morgan fingerprint density at radius 1 is 0.430 bits per heavy atom. The predicted octanol–water partition coefficient (Wildman–Crippen LogP) is 13.9. The first-order valence-corrected chi connectivity index (χ1v) is 49.6. The molecule has 8 amide bonds. The van der Waals surface area contributed by atoms with Gasteiger partial charge in [0.05, 0.1) is 38.5 Å². The van der Waals surface area contributed by atoms with E-state index in [2.05, 4.69) is 125 Å². The van der Waals surface area contributed by atoms with Gasteiger partial charge in [0.25, 0.3) is 57.3 Å². The average Bonchev–Trinajstić information content (AvgIpc) is 1.59. The Hall–Kier alpha value is -10.7. The highest BCUT2D eigenvalue weighted by molar-refractivity contribution is 9.11. The number of nitrogens with zero attached hydrogens (tertiary/aromatic N) is 13. The molecule has 12 heterocycles. The van der Waals surface area contributed by atoms with Gasteiger partial charge >= 0.3 is 18.3 Å². The fraction of sp³-hybridized carbons (Fsp3) is 0.500.